The van der Waals surface area contributed by atoms with E-state index in [9.17, 15) is 20.0 Å². The third-order valence-electron chi connectivity index (χ3n) is 4.57. The van der Waals surface area contributed by atoms with Gasteiger partial charge in [0.1, 0.15) is 12.1 Å². The molecule has 0 aromatic carbocycles. The van der Waals surface area contributed by atoms with Crippen LogP contribution in [0.25, 0.3) is 5.65 Å². The fourth-order valence-corrected chi connectivity index (χ4v) is 3.46. The van der Waals surface area contributed by atoms with Crippen LogP contribution in [0.4, 0.5) is 10.7 Å². The molecule has 11 nitrogen and oxygen atoms in total. The molecule has 2 N–H and O–H groups in total. The number of amides is 2. The van der Waals surface area contributed by atoms with Gasteiger partial charge in [-0.3, -0.25) is 4.79 Å². The van der Waals surface area contributed by atoms with Gasteiger partial charge >= 0.3 is 6.09 Å². The van der Waals surface area contributed by atoms with Gasteiger partial charge in [-0.15, -0.1) is 0 Å². The maximum Gasteiger partial charge on any atom is 0.405 e. The smallest absolute Gasteiger partial charge is 0.405 e. The zero-order valence-corrected chi connectivity index (χ0v) is 16.8. The Hall–Kier alpha value is -3.42. The number of fused-ring (bicyclic) bond motifs is 1. The number of carbonyl (C=O) groups is 2. The second-order valence-corrected chi connectivity index (χ2v) is 8.31. The number of nitriles is 1. The van der Waals surface area contributed by atoms with Gasteiger partial charge < -0.3 is 10.4 Å². The molecule has 3 heterocycles. The number of aromatic nitrogens is 4. The number of nitrogens with one attached hydrogen (secondary N) is 1. The molecule has 1 atom stereocenters. The van der Waals surface area contributed by atoms with Crippen molar-refractivity contribution in [3.8, 4) is 6.07 Å². The molecule has 1 saturated heterocycles. The summed E-state index contributed by atoms with van der Waals surface area (Å²) >= 11 is 0. The van der Waals surface area contributed by atoms with Crippen molar-refractivity contribution in [2.24, 2.45) is 11.3 Å². The van der Waals surface area contributed by atoms with Crippen LogP contribution in [0.5, 0.6) is 0 Å². The SMILES string of the molecule is CC(C)CC(NC(=O)O)C(=O)N1CC(C)(C)CN1c1nc(C#N)nc2ccnn12. The molecule has 2 amide bonds. The molecule has 1 aliphatic rings. The van der Waals surface area contributed by atoms with E-state index in [4.69, 9.17) is 0 Å². The Morgan fingerprint density at radius 2 is 2.07 bits per heavy atom. The van der Waals surface area contributed by atoms with Crippen LogP contribution in [0.3, 0.4) is 0 Å². The van der Waals surface area contributed by atoms with Crippen LogP contribution in [0.2, 0.25) is 0 Å². The third-order valence-corrected chi connectivity index (χ3v) is 4.57. The highest BCUT2D eigenvalue weighted by atomic mass is 16.4. The maximum absolute atomic E-state index is 13.3. The van der Waals surface area contributed by atoms with E-state index in [1.54, 1.807) is 11.1 Å². The summed E-state index contributed by atoms with van der Waals surface area (Å²) in [6, 6.07) is 2.68. The van der Waals surface area contributed by atoms with Crippen molar-refractivity contribution in [1.82, 2.24) is 29.9 Å². The number of carboxylic acid groups (broad SMARTS) is 1. The van der Waals surface area contributed by atoms with Crippen LogP contribution in [-0.2, 0) is 4.79 Å². The predicted octanol–water partition coefficient (Wildman–Crippen LogP) is 1.27. The zero-order chi connectivity index (χ0) is 21.3. The Bertz CT molecular complexity index is 977. The van der Waals surface area contributed by atoms with E-state index in [2.05, 4.69) is 20.4 Å². The van der Waals surface area contributed by atoms with Crippen molar-refractivity contribution >= 4 is 23.6 Å². The van der Waals surface area contributed by atoms with Gasteiger partial charge in [-0.05, 0) is 12.3 Å². The lowest BCUT2D eigenvalue weighted by molar-refractivity contribution is -0.133. The van der Waals surface area contributed by atoms with Crippen LogP contribution in [0.15, 0.2) is 12.3 Å². The first-order valence-electron chi connectivity index (χ1n) is 9.31. The molecule has 1 fully saturated rings. The first kappa shape index (κ1) is 20.3. The lowest BCUT2D eigenvalue weighted by atomic mass is 9.95. The van der Waals surface area contributed by atoms with Crippen LogP contribution >= 0.6 is 0 Å². The molecule has 0 bridgehead atoms. The molecule has 3 rings (SSSR count). The maximum atomic E-state index is 13.3. The minimum Gasteiger partial charge on any atom is -0.465 e. The number of hydrogen-bond acceptors (Lipinski definition) is 7. The molecule has 2 aromatic rings. The monoisotopic (exact) mass is 400 g/mol. The van der Waals surface area contributed by atoms with E-state index < -0.39 is 12.1 Å². The predicted molar refractivity (Wildman–Crippen MR) is 103 cm³/mol. The Kier molecular flexibility index (Phi) is 5.28. The number of anilines is 1. The summed E-state index contributed by atoms with van der Waals surface area (Å²) in [6.45, 7) is 8.66. The molecule has 0 aliphatic carbocycles. The van der Waals surface area contributed by atoms with Crippen molar-refractivity contribution in [3.05, 3.63) is 18.1 Å². The fraction of sp³-hybridized carbons (Fsp3) is 0.556. The first-order valence-corrected chi connectivity index (χ1v) is 9.31. The van der Waals surface area contributed by atoms with E-state index in [-0.39, 0.29) is 29.0 Å². The average molecular weight is 400 g/mol. The summed E-state index contributed by atoms with van der Waals surface area (Å²) in [4.78, 5) is 33.0. The molecule has 29 heavy (non-hydrogen) atoms. The van der Waals surface area contributed by atoms with Crippen LogP contribution in [0.1, 0.15) is 39.9 Å². The summed E-state index contributed by atoms with van der Waals surface area (Å²) in [6.07, 6.45) is 0.646. The highest BCUT2D eigenvalue weighted by molar-refractivity contribution is 5.86. The van der Waals surface area contributed by atoms with Crippen molar-refractivity contribution < 1.29 is 14.7 Å². The number of nitrogens with zero attached hydrogens (tertiary/aromatic N) is 7. The van der Waals surface area contributed by atoms with Gasteiger partial charge in [-0.2, -0.15) is 24.8 Å². The standard InChI is InChI=1S/C18H24N8O3/c1-11(2)7-12(21-17(28)29)15(27)24-9-18(3,4)10-25(24)16-23-13(8-19)22-14-5-6-20-26(14)16/h5-6,11-12,21H,7,9-10H2,1-4H3,(H,28,29). The van der Waals surface area contributed by atoms with E-state index in [1.807, 2.05) is 33.8 Å². The van der Waals surface area contributed by atoms with Gasteiger partial charge in [0.15, 0.2) is 5.65 Å². The molecule has 0 spiro atoms. The Morgan fingerprint density at radius 3 is 2.69 bits per heavy atom. The highest BCUT2D eigenvalue weighted by Gasteiger charge is 2.43. The van der Waals surface area contributed by atoms with Crippen LogP contribution in [-0.4, -0.2) is 60.8 Å². The molecule has 0 saturated carbocycles. The molecular weight excluding hydrogens is 376 g/mol. The quantitative estimate of drug-likeness (QED) is 0.765. The molecule has 1 aliphatic heterocycles. The molecule has 154 valence electrons. The molecule has 0 radical (unpaired) electrons. The number of carbonyl (C=O) groups excluding carboxylic acids is 1. The van der Waals surface area contributed by atoms with E-state index >= 15 is 0 Å². The van der Waals surface area contributed by atoms with Crippen molar-refractivity contribution in [2.45, 2.75) is 40.2 Å². The first-order chi connectivity index (χ1) is 13.6. The minimum atomic E-state index is -1.25. The second-order valence-electron chi connectivity index (χ2n) is 8.31. The summed E-state index contributed by atoms with van der Waals surface area (Å²) in [7, 11) is 0. The van der Waals surface area contributed by atoms with Crippen LogP contribution < -0.4 is 10.3 Å². The van der Waals surface area contributed by atoms with E-state index in [0.29, 0.717) is 25.2 Å². The van der Waals surface area contributed by atoms with Crippen molar-refractivity contribution in [2.75, 3.05) is 18.1 Å². The Balaban J connectivity index is 2.04. The minimum absolute atomic E-state index is 0.0347. The average Bonchev–Trinajstić information content (AvgIpc) is 3.22. The zero-order valence-electron chi connectivity index (χ0n) is 16.8. The summed E-state index contributed by atoms with van der Waals surface area (Å²) in [5.41, 5.74) is 0.157. The molecule has 1 unspecified atom stereocenters. The lowest BCUT2D eigenvalue weighted by Gasteiger charge is -2.31. The van der Waals surface area contributed by atoms with Crippen molar-refractivity contribution in [1.29, 1.82) is 5.26 Å². The summed E-state index contributed by atoms with van der Waals surface area (Å²) < 4.78 is 1.46. The topological polar surface area (TPSA) is 140 Å². The second kappa shape index (κ2) is 7.54. The van der Waals surface area contributed by atoms with E-state index in [0.717, 1.165) is 0 Å². The summed E-state index contributed by atoms with van der Waals surface area (Å²) in [5, 5.41) is 28.2. The van der Waals surface area contributed by atoms with E-state index in [1.165, 1.54) is 15.7 Å². The number of hydrogen-bond donors (Lipinski definition) is 2. The fourth-order valence-electron chi connectivity index (χ4n) is 3.46. The Morgan fingerprint density at radius 1 is 1.34 bits per heavy atom. The largest absolute Gasteiger partial charge is 0.465 e. The van der Waals surface area contributed by atoms with Gasteiger partial charge in [0.05, 0.1) is 6.20 Å². The third kappa shape index (κ3) is 4.21. The van der Waals surface area contributed by atoms with Crippen LogP contribution in [0, 0.1) is 22.7 Å². The molecular formula is C18H24N8O3. The number of hydrazine groups is 1. The van der Waals surface area contributed by atoms with Crippen molar-refractivity contribution in [3.63, 3.8) is 0 Å². The summed E-state index contributed by atoms with van der Waals surface area (Å²) in [5.74, 6) is -0.00683. The number of rotatable bonds is 5. The Labute approximate surface area is 167 Å². The lowest BCUT2D eigenvalue weighted by Crippen LogP contribution is -2.53. The molecule has 2 aromatic heterocycles. The highest BCUT2D eigenvalue weighted by Crippen LogP contribution is 2.32. The van der Waals surface area contributed by atoms with Gasteiger partial charge in [-0.25, -0.2) is 14.8 Å². The normalized spacial score (nSPS) is 16.8. The van der Waals surface area contributed by atoms with Gasteiger partial charge in [0.25, 0.3) is 11.9 Å². The molecule has 11 heteroatoms. The van der Waals surface area contributed by atoms with Gasteiger partial charge in [-0.1, -0.05) is 27.7 Å². The van der Waals surface area contributed by atoms with Gasteiger partial charge in [0.2, 0.25) is 5.82 Å². The van der Waals surface area contributed by atoms with Gasteiger partial charge in [0, 0.05) is 24.6 Å².